The monoisotopic (exact) mass is 268 g/mol. The van der Waals surface area contributed by atoms with E-state index in [0.29, 0.717) is 12.0 Å². The number of anilines is 2. The van der Waals surface area contributed by atoms with E-state index >= 15 is 0 Å². The Bertz CT molecular complexity index is 363. The van der Waals surface area contributed by atoms with Crippen molar-refractivity contribution in [1.29, 1.82) is 0 Å². The summed E-state index contributed by atoms with van der Waals surface area (Å²) in [5.74, 6) is 0.652. The minimum Gasteiger partial charge on any atom is -0.379 e. The highest BCUT2D eigenvalue weighted by Gasteiger charge is 2.24. The molecule has 0 aromatic heterocycles. The van der Waals surface area contributed by atoms with Crippen molar-refractivity contribution in [2.75, 3.05) is 23.8 Å². The van der Waals surface area contributed by atoms with E-state index in [1.807, 2.05) is 0 Å². The Kier molecular flexibility index (Phi) is 2.91. The number of likely N-dealkylation sites (N-methyl/N-ethyl adjacent to an activating group) is 1. The van der Waals surface area contributed by atoms with Crippen LogP contribution < -0.4 is 10.2 Å². The van der Waals surface area contributed by atoms with E-state index < -0.39 is 0 Å². The molecule has 1 heterocycles. The van der Waals surface area contributed by atoms with E-state index in [9.17, 15) is 0 Å². The molecular weight excluding hydrogens is 252 g/mol. The summed E-state index contributed by atoms with van der Waals surface area (Å²) in [6.07, 6.45) is 0. The van der Waals surface area contributed by atoms with Gasteiger partial charge in [0.2, 0.25) is 0 Å². The maximum Gasteiger partial charge on any atom is 0.0744 e. The third kappa shape index (κ3) is 1.98. The molecule has 0 saturated heterocycles. The number of para-hydroxylation sites is 1. The number of hydrogen-bond donors (Lipinski definition) is 1. The van der Waals surface area contributed by atoms with Crippen LogP contribution in [0, 0.1) is 5.92 Å². The zero-order valence-corrected chi connectivity index (χ0v) is 11.0. The smallest absolute Gasteiger partial charge is 0.0744 e. The molecule has 2 nitrogen and oxygen atoms in total. The van der Waals surface area contributed by atoms with Crippen LogP contribution in [0.1, 0.15) is 13.8 Å². The van der Waals surface area contributed by atoms with E-state index in [-0.39, 0.29) is 0 Å². The van der Waals surface area contributed by atoms with E-state index in [1.54, 1.807) is 0 Å². The number of nitrogens with zero attached hydrogens (tertiary/aromatic N) is 1. The average molecular weight is 269 g/mol. The molecular formula is C12H17BrN2. The predicted octanol–water partition coefficient (Wildman–Crippen LogP) is 3.34. The molecule has 1 aromatic rings. The predicted molar refractivity (Wildman–Crippen MR) is 69.7 cm³/mol. The van der Waals surface area contributed by atoms with Crippen LogP contribution in [-0.2, 0) is 0 Å². The maximum absolute atomic E-state index is 3.60. The summed E-state index contributed by atoms with van der Waals surface area (Å²) >= 11 is 3.60. The molecule has 1 unspecified atom stereocenters. The Balaban J connectivity index is 2.36. The molecule has 82 valence electrons. The van der Waals surface area contributed by atoms with Gasteiger partial charge in [-0.05, 0) is 34.0 Å². The summed E-state index contributed by atoms with van der Waals surface area (Å²) in [5.41, 5.74) is 2.51. The van der Waals surface area contributed by atoms with E-state index in [2.05, 4.69) is 65.2 Å². The summed E-state index contributed by atoms with van der Waals surface area (Å²) in [6, 6.07) is 6.85. The topological polar surface area (TPSA) is 15.3 Å². The van der Waals surface area contributed by atoms with Gasteiger partial charge < -0.3 is 10.2 Å². The Morgan fingerprint density at radius 3 is 2.87 bits per heavy atom. The Labute approximate surface area is 99.8 Å². The van der Waals surface area contributed by atoms with Crippen molar-refractivity contribution in [3.05, 3.63) is 22.7 Å². The Hall–Kier alpha value is -0.700. The zero-order chi connectivity index (χ0) is 11.0. The van der Waals surface area contributed by atoms with Gasteiger partial charge in [0, 0.05) is 24.1 Å². The van der Waals surface area contributed by atoms with Crippen LogP contribution >= 0.6 is 15.9 Å². The van der Waals surface area contributed by atoms with Crippen molar-refractivity contribution in [1.82, 2.24) is 0 Å². The molecule has 0 saturated carbocycles. The second kappa shape index (κ2) is 4.05. The first kappa shape index (κ1) is 10.8. The van der Waals surface area contributed by atoms with Gasteiger partial charge in [-0.3, -0.25) is 0 Å². The van der Waals surface area contributed by atoms with Crippen molar-refractivity contribution in [2.45, 2.75) is 19.9 Å². The first-order valence-electron chi connectivity index (χ1n) is 5.36. The standard InChI is InChI=1S/C12H17BrN2/c1-8(2)11-7-15(3)12-9(13)5-4-6-10(12)14-11/h4-6,8,11,14H,7H2,1-3H3. The molecule has 0 fully saturated rings. The van der Waals surface area contributed by atoms with E-state index in [0.717, 1.165) is 11.0 Å². The maximum atomic E-state index is 3.60. The molecule has 0 spiro atoms. The minimum absolute atomic E-state index is 0.539. The summed E-state index contributed by atoms with van der Waals surface area (Å²) in [5, 5.41) is 3.60. The lowest BCUT2D eigenvalue weighted by molar-refractivity contribution is 0.514. The highest BCUT2D eigenvalue weighted by molar-refractivity contribution is 9.10. The second-order valence-electron chi connectivity index (χ2n) is 4.51. The van der Waals surface area contributed by atoms with Gasteiger partial charge in [0.15, 0.2) is 0 Å². The van der Waals surface area contributed by atoms with Crippen molar-refractivity contribution < 1.29 is 0 Å². The van der Waals surface area contributed by atoms with Crippen molar-refractivity contribution >= 4 is 27.3 Å². The number of nitrogens with one attached hydrogen (secondary N) is 1. The van der Waals surface area contributed by atoms with E-state index in [1.165, 1.54) is 11.4 Å². The van der Waals surface area contributed by atoms with Crippen LogP contribution in [0.5, 0.6) is 0 Å². The van der Waals surface area contributed by atoms with Crippen LogP contribution in [0.25, 0.3) is 0 Å². The van der Waals surface area contributed by atoms with Crippen LogP contribution in [0.3, 0.4) is 0 Å². The molecule has 0 amide bonds. The van der Waals surface area contributed by atoms with Gasteiger partial charge in [0.1, 0.15) is 0 Å². The van der Waals surface area contributed by atoms with Gasteiger partial charge >= 0.3 is 0 Å². The van der Waals surface area contributed by atoms with Crippen molar-refractivity contribution in [3.8, 4) is 0 Å². The van der Waals surface area contributed by atoms with Gasteiger partial charge in [-0.25, -0.2) is 0 Å². The van der Waals surface area contributed by atoms with Crippen LogP contribution in [0.4, 0.5) is 11.4 Å². The van der Waals surface area contributed by atoms with Crippen LogP contribution in [0.2, 0.25) is 0 Å². The molecule has 1 aliphatic rings. The third-order valence-electron chi connectivity index (χ3n) is 2.98. The average Bonchev–Trinajstić information content (AvgIpc) is 2.17. The molecule has 0 radical (unpaired) electrons. The molecule has 0 aliphatic carbocycles. The number of fused-ring (bicyclic) bond motifs is 1. The summed E-state index contributed by atoms with van der Waals surface area (Å²) in [7, 11) is 2.15. The van der Waals surface area contributed by atoms with Crippen LogP contribution in [0.15, 0.2) is 22.7 Å². The van der Waals surface area contributed by atoms with Gasteiger partial charge in [-0.15, -0.1) is 0 Å². The summed E-state index contributed by atoms with van der Waals surface area (Å²) < 4.78 is 1.16. The van der Waals surface area contributed by atoms with Gasteiger partial charge in [-0.2, -0.15) is 0 Å². The number of benzene rings is 1. The van der Waals surface area contributed by atoms with Gasteiger partial charge in [-0.1, -0.05) is 19.9 Å². The largest absolute Gasteiger partial charge is 0.379 e. The first-order chi connectivity index (χ1) is 7.09. The highest BCUT2D eigenvalue weighted by atomic mass is 79.9. The highest BCUT2D eigenvalue weighted by Crippen LogP contribution is 2.37. The lowest BCUT2D eigenvalue weighted by atomic mass is 10.0. The minimum atomic E-state index is 0.539. The van der Waals surface area contributed by atoms with Crippen LogP contribution in [-0.4, -0.2) is 19.6 Å². The van der Waals surface area contributed by atoms with Crippen molar-refractivity contribution in [2.24, 2.45) is 5.92 Å². The number of halogens is 1. The lowest BCUT2D eigenvalue weighted by Gasteiger charge is -2.37. The fourth-order valence-corrected chi connectivity index (χ4v) is 2.70. The number of hydrogen-bond acceptors (Lipinski definition) is 2. The van der Waals surface area contributed by atoms with E-state index in [4.69, 9.17) is 0 Å². The Morgan fingerprint density at radius 1 is 1.47 bits per heavy atom. The zero-order valence-electron chi connectivity index (χ0n) is 9.42. The fraction of sp³-hybridized carbons (Fsp3) is 0.500. The molecule has 2 rings (SSSR count). The number of rotatable bonds is 1. The SMILES string of the molecule is CC(C)C1CN(C)c2c(Br)cccc2N1. The quantitative estimate of drug-likeness (QED) is 0.841. The molecule has 1 atom stereocenters. The molecule has 15 heavy (non-hydrogen) atoms. The second-order valence-corrected chi connectivity index (χ2v) is 5.37. The Morgan fingerprint density at radius 2 is 2.20 bits per heavy atom. The molecule has 1 N–H and O–H groups in total. The molecule has 1 aromatic carbocycles. The third-order valence-corrected chi connectivity index (χ3v) is 3.62. The molecule has 3 heteroatoms. The van der Waals surface area contributed by atoms with Crippen molar-refractivity contribution in [3.63, 3.8) is 0 Å². The summed E-state index contributed by atoms with van der Waals surface area (Å²) in [6.45, 7) is 5.58. The molecule has 0 bridgehead atoms. The molecule has 1 aliphatic heterocycles. The van der Waals surface area contributed by atoms with Gasteiger partial charge in [0.25, 0.3) is 0 Å². The summed E-state index contributed by atoms with van der Waals surface area (Å²) in [4.78, 5) is 2.32. The first-order valence-corrected chi connectivity index (χ1v) is 6.15. The lowest BCUT2D eigenvalue weighted by Crippen LogP contribution is -2.42. The van der Waals surface area contributed by atoms with Gasteiger partial charge in [0.05, 0.1) is 11.4 Å². The fourth-order valence-electron chi connectivity index (χ4n) is 2.03. The normalized spacial score (nSPS) is 20.1.